The molecule has 4 heterocycles. The maximum Gasteiger partial charge on any atom is 0.144 e. The number of furan rings is 2. The predicted molar refractivity (Wildman–Crippen MR) is 203 cm³/mol. The van der Waals surface area contributed by atoms with Gasteiger partial charge in [-0.3, -0.25) is 0 Å². The van der Waals surface area contributed by atoms with Crippen LogP contribution in [-0.4, -0.2) is 9.97 Å². The molecule has 10 rings (SSSR count). The molecule has 0 N–H and O–H groups in total. The van der Waals surface area contributed by atoms with Crippen LogP contribution >= 0.6 is 0 Å². The van der Waals surface area contributed by atoms with Crippen molar-refractivity contribution in [3.05, 3.63) is 157 Å². The third kappa shape index (κ3) is 6.07. The van der Waals surface area contributed by atoms with Crippen LogP contribution in [0.25, 0.3) is 77.5 Å². The standard InChI is InChI=1S/C34H24NO2.C12H10N.Ir/c1-2-10-21(11-3-1)26-20-23(18-19-35-26)30-29(22-12-4-5-13-22)33-31(24-14-6-8-16-27(24)36-33)32-25-15-7-9-17-28(25)37-34(30)32;1-10-7-8-12(13-9-10)11-5-3-2-4-6-11;/h1-3,6-10,14-20,22H,4-5,12-13H2;2-5,7-9H,1H3;/q2*-1;. The summed E-state index contributed by atoms with van der Waals surface area (Å²) in [4.78, 5) is 9.01. The summed E-state index contributed by atoms with van der Waals surface area (Å²) >= 11 is 0. The fourth-order valence-corrected chi connectivity index (χ4v) is 7.55. The number of pyridine rings is 2. The van der Waals surface area contributed by atoms with Crippen molar-refractivity contribution in [2.45, 2.75) is 38.5 Å². The van der Waals surface area contributed by atoms with Crippen LogP contribution in [-0.2, 0) is 20.1 Å². The van der Waals surface area contributed by atoms with E-state index in [0.717, 1.165) is 85.0 Å². The maximum atomic E-state index is 6.74. The second kappa shape index (κ2) is 14.1. The van der Waals surface area contributed by atoms with E-state index in [4.69, 9.17) is 13.8 Å². The molecule has 1 aliphatic rings. The minimum atomic E-state index is 0. The third-order valence-corrected chi connectivity index (χ3v) is 9.88. The molecule has 0 spiro atoms. The number of benzene rings is 5. The van der Waals surface area contributed by atoms with E-state index in [9.17, 15) is 0 Å². The largest absolute Gasteiger partial charge is 0.456 e. The first-order valence-corrected chi connectivity index (χ1v) is 17.3. The molecule has 4 nitrogen and oxygen atoms in total. The summed E-state index contributed by atoms with van der Waals surface area (Å²) in [6, 6.07) is 47.5. The molecule has 0 aliphatic heterocycles. The fraction of sp³-hybridized carbons (Fsp3) is 0.130. The molecule has 0 bridgehead atoms. The van der Waals surface area contributed by atoms with E-state index in [1.807, 2.05) is 73.9 Å². The Morgan fingerprint density at radius 2 is 1.24 bits per heavy atom. The van der Waals surface area contributed by atoms with Gasteiger partial charge in [-0.2, -0.15) is 0 Å². The minimum Gasteiger partial charge on any atom is -0.456 e. The van der Waals surface area contributed by atoms with E-state index in [2.05, 4.69) is 83.8 Å². The Bertz CT molecular complexity index is 2600. The molecule has 0 amide bonds. The molecule has 0 unspecified atom stereocenters. The van der Waals surface area contributed by atoms with Crippen molar-refractivity contribution in [2.75, 3.05) is 0 Å². The first-order chi connectivity index (χ1) is 24.7. The molecule has 5 heteroatoms. The van der Waals surface area contributed by atoms with E-state index < -0.39 is 0 Å². The molecule has 4 aromatic heterocycles. The van der Waals surface area contributed by atoms with Crippen LogP contribution in [0.3, 0.4) is 0 Å². The van der Waals surface area contributed by atoms with Gasteiger partial charge >= 0.3 is 0 Å². The Labute approximate surface area is 310 Å². The van der Waals surface area contributed by atoms with Crippen LogP contribution in [0.5, 0.6) is 0 Å². The molecule has 5 aromatic carbocycles. The van der Waals surface area contributed by atoms with Gasteiger partial charge in [-0.1, -0.05) is 67.4 Å². The molecule has 1 fully saturated rings. The smallest absolute Gasteiger partial charge is 0.144 e. The number of nitrogens with zero attached hydrogens (tertiary/aromatic N) is 2. The van der Waals surface area contributed by atoms with E-state index in [-0.39, 0.29) is 20.1 Å². The number of rotatable bonds is 4. The maximum absolute atomic E-state index is 6.74. The van der Waals surface area contributed by atoms with Crippen molar-refractivity contribution in [3.8, 4) is 33.6 Å². The Hall–Kier alpha value is -5.35. The number of hydrogen-bond acceptors (Lipinski definition) is 4. The molecule has 0 atom stereocenters. The van der Waals surface area contributed by atoms with E-state index in [1.165, 1.54) is 29.4 Å². The predicted octanol–water partition coefficient (Wildman–Crippen LogP) is 12.5. The molecule has 1 radical (unpaired) electrons. The van der Waals surface area contributed by atoms with Gasteiger partial charge in [0.15, 0.2) is 0 Å². The van der Waals surface area contributed by atoms with E-state index in [1.54, 1.807) is 0 Å². The van der Waals surface area contributed by atoms with Gasteiger partial charge in [0.2, 0.25) is 0 Å². The fourth-order valence-electron chi connectivity index (χ4n) is 7.55. The van der Waals surface area contributed by atoms with Crippen LogP contribution < -0.4 is 0 Å². The van der Waals surface area contributed by atoms with E-state index >= 15 is 0 Å². The van der Waals surface area contributed by atoms with Gasteiger partial charge in [0.1, 0.15) is 22.3 Å². The zero-order chi connectivity index (χ0) is 33.4. The second-order valence-corrected chi connectivity index (χ2v) is 13.1. The molecule has 251 valence electrons. The first-order valence-electron chi connectivity index (χ1n) is 17.3. The van der Waals surface area contributed by atoms with Crippen LogP contribution in [0.15, 0.2) is 143 Å². The van der Waals surface area contributed by atoms with Crippen LogP contribution in [0.1, 0.15) is 42.7 Å². The van der Waals surface area contributed by atoms with Crippen LogP contribution in [0.4, 0.5) is 0 Å². The molecular formula is C46H34IrN2O2-2. The van der Waals surface area contributed by atoms with Gasteiger partial charge in [0, 0.05) is 65.2 Å². The summed E-state index contributed by atoms with van der Waals surface area (Å²) in [6.45, 7) is 2.03. The summed E-state index contributed by atoms with van der Waals surface area (Å²) in [7, 11) is 0. The Kier molecular flexibility index (Phi) is 9.08. The number of para-hydroxylation sites is 2. The van der Waals surface area contributed by atoms with Gasteiger partial charge < -0.3 is 18.8 Å². The van der Waals surface area contributed by atoms with Crippen LogP contribution in [0.2, 0.25) is 0 Å². The second-order valence-electron chi connectivity index (χ2n) is 13.1. The summed E-state index contributed by atoms with van der Waals surface area (Å²) in [5.74, 6) is 0.426. The van der Waals surface area contributed by atoms with Gasteiger partial charge in [-0.25, -0.2) is 0 Å². The summed E-state index contributed by atoms with van der Waals surface area (Å²) < 4.78 is 13.5. The number of aromatic nitrogens is 2. The number of fused-ring (bicyclic) bond motifs is 7. The quantitative estimate of drug-likeness (QED) is 0.166. The SMILES string of the molecule is Cc1ccc(-c2[c-]cccc2)nc1.[Ir].[c-]1ccccc1-c1cc(-c2c(C3CCCC3)c3oc4ccccc4c3c3c2oc2ccccc23)ccn1. The van der Waals surface area contributed by atoms with E-state index in [0.29, 0.717) is 5.92 Å². The van der Waals surface area contributed by atoms with Gasteiger partial charge in [-0.05, 0) is 66.4 Å². The molecule has 51 heavy (non-hydrogen) atoms. The summed E-state index contributed by atoms with van der Waals surface area (Å²) in [6.07, 6.45) is 8.58. The van der Waals surface area contributed by atoms with Gasteiger partial charge in [-0.15, -0.1) is 71.8 Å². The van der Waals surface area contributed by atoms with Crippen molar-refractivity contribution < 1.29 is 28.9 Å². The van der Waals surface area contributed by atoms with Gasteiger partial charge in [0.05, 0.1) is 0 Å². The third-order valence-electron chi connectivity index (χ3n) is 9.88. The summed E-state index contributed by atoms with van der Waals surface area (Å²) in [5.41, 5.74) is 12.4. The molecule has 1 aliphatic carbocycles. The summed E-state index contributed by atoms with van der Waals surface area (Å²) in [5, 5.41) is 4.58. The molecule has 9 aromatic rings. The van der Waals surface area contributed by atoms with Crippen molar-refractivity contribution in [2.24, 2.45) is 0 Å². The van der Waals surface area contributed by atoms with Gasteiger partial charge in [0.25, 0.3) is 0 Å². The monoisotopic (exact) mass is 839 g/mol. The van der Waals surface area contributed by atoms with Crippen molar-refractivity contribution in [3.63, 3.8) is 0 Å². The Morgan fingerprint density at radius 3 is 1.86 bits per heavy atom. The van der Waals surface area contributed by atoms with Crippen molar-refractivity contribution in [1.82, 2.24) is 9.97 Å². The van der Waals surface area contributed by atoms with Crippen molar-refractivity contribution >= 4 is 43.9 Å². The van der Waals surface area contributed by atoms with Crippen molar-refractivity contribution in [1.29, 1.82) is 0 Å². The number of aryl methyl sites for hydroxylation is 1. The normalized spacial score (nSPS) is 13.0. The zero-order valence-corrected chi connectivity index (χ0v) is 30.5. The average molecular weight is 839 g/mol. The Balaban J connectivity index is 0.000000226. The molecule has 0 saturated heterocycles. The minimum absolute atomic E-state index is 0. The number of hydrogen-bond donors (Lipinski definition) is 0. The average Bonchev–Trinajstić information content (AvgIpc) is 3.94. The van der Waals surface area contributed by atoms with Crippen LogP contribution in [0, 0.1) is 19.1 Å². The first kappa shape index (κ1) is 32.8. The Morgan fingerprint density at radius 1 is 0.627 bits per heavy atom. The molecule has 1 saturated carbocycles. The molecular weight excluding hydrogens is 805 g/mol. The topological polar surface area (TPSA) is 52.1 Å². The zero-order valence-electron chi connectivity index (χ0n) is 28.2.